The molecule has 0 saturated carbocycles. The molecular weight excluding hydrogens is 256 g/mol. The summed E-state index contributed by atoms with van der Waals surface area (Å²) in [6.07, 6.45) is 3.69. The van der Waals surface area contributed by atoms with E-state index in [9.17, 15) is 9.59 Å². The van der Waals surface area contributed by atoms with Crippen molar-refractivity contribution >= 4 is 12.2 Å². The lowest BCUT2D eigenvalue weighted by Crippen LogP contribution is -2.47. The Morgan fingerprint density at radius 1 is 1.50 bits per heavy atom. The number of nitrogens with two attached hydrogens (primary N) is 1. The number of hydrogen-bond acceptors (Lipinski definition) is 4. The summed E-state index contributed by atoms with van der Waals surface area (Å²) in [4.78, 5) is 24.5. The number of piperidine rings is 1. The van der Waals surface area contributed by atoms with Crippen molar-refractivity contribution in [2.24, 2.45) is 5.73 Å². The Bertz CT molecular complexity index is 502. The van der Waals surface area contributed by atoms with Gasteiger partial charge in [0.25, 0.3) is 0 Å². The van der Waals surface area contributed by atoms with Crippen LogP contribution in [-0.4, -0.2) is 36.8 Å². The van der Waals surface area contributed by atoms with Gasteiger partial charge in [-0.3, -0.25) is 14.5 Å². The van der Waals surface area contributed by atoms with Gasteiger partial charge in [0.15, 0.2) is 0 Å². The molecule has 5 heteroatoms. The van der Waals surface area contributed by atoms with Crippen LogP contribution in [0.2, 0.25) is 0 Å². The van der Waals surface area contributed by atoms with Crippen LogP contribution in [0.4, 0.5) is 0 Å². The summed E-state index contributed by atoms with van der Waals surface area (Å²) in [7, 11) is 1.60. The van der Waals surface area contributed by atoms with Crippen molar-refractivity contribution in [1.82, 2.24) is 4.90 Å². The molecular formula is C15H20N2O3. The SMILES string of the molecule is COc1ccc(C=O)cc1CN1CCCCC1C(N)=O. The minimum absolute atomic E-state index is 0.228. The van der Waals surface area contributed by atoms with Crippen LogP contribution in [-0.2, 0) is 11.3 Å². The molecule has 1 amide bonds. The number of nitrogens with zero attached hydrogens (tertiary/aromatic N) is 1. The molecule has 1 aromatic carbocycles. The molecule has 0 aliphatic carbocycles. The molecule has 0 radical (unpaired) electrons. The molecule has 0 spiro atoms. The van der Waals surface area contributed by atoms with Crippen molar-refractivity contribution in [3.63, 3.8) is 0 Å². The quantitative estimate of drug-likeness (QED) is 0.824. The van der Waals surface area contributed by atoms with Gasteiger partial charge >= 0.3 is 0 Å². The lowest BCUT2D eigenvalue weighted by molar-refractivity contribution is -0.124. The number of carbonyl (C=O) groups is 2. The minimum atomic E-state index is -0.282. The van der Waals surface area contributed by atoms with Crippen LogP contribution in [0.5, 0.6) is 5.75 Å². The van der Waals surface area contributed by atoms with E-state index in [1.54, 1.807) is 25.3 Å². The average molecular weight is 276 g/mol. The molecule has 0 bridgehead atoms. The Labute approximate surface area is 118 Å². The summed E-state index contributed by atoms with van der Waals surface area (Å²) in [6.45, 7) is 1.40. The third kappa shape index (κ3) is 3.17. The van der Waals surface area contributed by atoms with Gasteiger partial charge in [-0.1, -0.05) is 6.42 Å². The van der Waals surface area contributed by atoms with Crippen molar-refractivity contribution < 1.29 is 14.3 Å². The maximum atomic E-state index is 11.5. The topological polar surface area (TPSA) is 72.6 Å². The summed E-state index contributed by atoms with van der Waals surface area (Å²) >= 11 is 0. The normalized spacial score (nSPS) is 19.6. The first-order chi connectivity index (χ1) is 9.65. The number of aldehydes is 1. The zero-order chi connectivity index (χ0) is 14.5. The van der Waals surface area contributed by atoms with Gasteiger partial charge < -0.3 is 10.5 Å². The van der Waals surface area contributed by atoms with Crippen LogP contribution in [0.3, 0.4) is 0 Å². The van der Waals surface area contributed by atoms with Crippen LogP contribution in [0.1, 0.15) is 35.2 Å². The molecule has 1 aliphatic rings. The van der Waals surface area contributed by atoms with Gasteiger partial charge in [-0.25, -0.2) is 0 Å². The van der Waals surface area contributed by atoms with Crippen LogP contribution < -0.4 is 10.5 Å². The summed E-state index contributed by atoms with van der Waals surface area (Å²) in [6, 6.07) is 5.08. The molecule has 1 fully saturated rings. The fourth-order valence-electron chi connectivity index (χ4n) is 2.72. The Hall–Kier alpha value is -1.88. The maximum Gasteiger partial charge on any atom is 0.234 e. The molecule has 5 nitrogen and oxygen atoms in total. The highest BCUT2D eigenvalue weighted by molar-refractivity contribution is 5.80. The first-order valence-corrected chi connectivity index (χ1v) is 6.81. The fraction of sp³-hybridized carbons (Fsp3) is 0.467. The summed E-state index contributed by atoms with van der Waals surface area (Å²) < 4.78 is 5.32. The predicted octanol–water partition coefficient (Wildman–Crippen LogP) is 1.35. The van der Waals surface area contributed by atoms with E-state index >= 15 is 0 Å². The van der Waals surface area contributed by atoms with E-state index in [1.807, 2.05) is 0 Å². The molecule has 1 unspecified atom stereocenters. The molecule has 1 atom stereocenters. The molecule has 1 aliphatic heterocycles. The van der Waals surface area contributed by atoms with Gasteiger partial charge in [-0.15, -0.1) is 0 Å². The number of methoxy groups -OCH3 is 1. The van der Waals surface area contributed by atoms with Gasteiger partial charge in [-0.2, -0.15) is 0 Å². The Morgan fingerprint density at radius 3 is 2.95 bits per heavy atom. The van der Waals surface area contributed by atoms with Crippen molar-refractivity contribution in [2.45, 2.75) is 31.8 Å². The van der Waals surface area contributed by atoms with Crippen molar-refractivity contribution in [3.05, 3.63) is 29.3 Å². The number of rotatable bonds is 5. The van der Waals surface area contributed by atoms with E-state index in [4.69, 9.17) is 10.5 Å². The van der Waals surface area contributed by atoms with E-state index in [2.05, 4.69) is 4.90 Å². The van der Waals surface area contributed by atoms with Crippen molar-refractivity contribution in [2.75, 3.05) is 13.7 Å². The molecule has 2 rings (SSSR count). The number of amides is 1. The van der Waals surface area contributed by atoms with E-state index in [0.717, 1.165) is 43.4 Å². The first-order valence-electron chi connectivity index (χ1n) is 6.81. The van der Waals surface area contributed by atoms with Crippen molar-refractivity contribution in [3.8, 4) is 5.75 Å². The second-order valence-electron chi connectivity index (χ2n) is 5.07. The number of primary amides is 1. The van der Waals surface area contributed by atoms with Crippen LogP contribution in [0, 0.1) is 0 Å². The zero-order valence-electron chi connectivity index (χ0n) is 11.7. The summed E-state index contributed by atoms with van der Waals surface area (Å²) in [5.41, 5.74) is 6.98. The predicted molar refractivity (Wildman–Crippen MR) is 75.6 cm³/mol. The fourth-order valence-corrected chi connectivity index (χ4v) is 2.72. The summed E-state index contributed by atoms with van der Waals surface area (Å²) in [5, 5.41) is 0. The smallest absolute Gasteiger partial charge is 0.234 e. The van der Waals surface area contributed by atoms with Crippen molar-refractivity contribution in [1.29, 1.82) is 0 Å². The molecule has 0 aromatic heterocycles. The maximum absolute atomic E-state index is 11.5. The molecule has 108 valence electrons. The number of carbonyl (C=O) groups excluding carboxylic acids is 2. The van der Waals surface area contributed by atoms with Gasteiger partial charge in [0.05, 0.1) is 13.2 Å². The molecule has 1 saturated heterocycles. The van der Waals surface area contributed by atoms with Crippen LogP contribution in [0.25, 0.3) is 0 Å². The largest absolute Gasteiger partial charge is 0.496 e. The van der Waals surface area contributed by atoms with Gasteiger partial charge in [0.2, 0.25) is 5.91 Å². The van der Waals surface area contributed by atoms with Crippen LogP contribution in [0.15, 0.2) is 18.2 Å². The lowest BCUT2D eigenvalue weighted by Gasteiger charge is -2.33. The number of hydrogen-bond donors (Lipinski definition) is 1. The first kappa shape index (κ1) is 14.5. The zero-order valence-corrected chi connectivity index (χ0v) is 11.7. The monoisotopic (exact) mass is 276 g/mol. The van der Waals surface area contributed by atoms with Crippen LogP contribution >= 0.6 is 0 Å². The number of ether oxygens (including phenoxy) is 1. The van der Waals surface area contributed by atoms with E-state index in [-0.39, 0.29) is 11.9 Å². The highest BCUT2D eigenvalue weighted by atomic mass is 16.5. The minimum Gasteiger partial charge on any atom is -0.496 e. The Morgan fingerprint density at radius 2 is 2.30 bits per heavy atom. The summed E-state index contributed by atoms with van der Waals surface area (Å²) in [5.74, 6) is 0.444. The Balaban J connectivity index is 2.22. The molecule has 1 aromatic rings. The van der Waals surface area contributed by atoms with E-state index < -0.39 is 0 Å². The standard InChI is InChI=1S/C15H20N2O3/c1-20-14-6-5-11(10-18)8-12(14)9-17-7-3-2-4-13(17)15(16)19/h5-6,8,10,13H,2-4,7,9H2,1H3,(H2,16,19). The lowest BCUT2D eigenvalue weighted by atomic mass is 10.00. The average Bonchev–Trinajstić information content (AvgIpc) is 2.47. The molecule has 1 heterocycles. The second kappa shape index (κ2) is 6.52. The number of benzene rings is 1. The molecule has 20 heavy (non-hydrogen) atoms. The van der Waals surface area contributed by atoms with Gasteiger partial charge in [0.1, 0.15) is 12.0 Å². The highest BCUT2D eigenvalue weighted by Crippen LogP contribution is 2.25. The third-order valence-electron chi connectivity index (χ3n) is 3.76. The van der Waals surface area contributed by atoms with E-state index in [0.29, 0.717) is 12.1 Å². The molecule has 2 N–H and O–H groups in total. The number of likely N-dealkylation sites (tertiary alicyclic amines) is 1. The third-order valence-corrected chi connectivity index (χ3v) is 3.76. The van der Waals surface area contributed by atoms with E-state index in [1.165, 1.54) is 0 Å². The van der Waals surface area contributed by atoms with Gasteiger partial charge in [-0.05, 0) is 37.6 Å². The second-order valence-corrected chi connectivity index (χ2v) is 5.07. The highest BCUT2D eigenvalue weighted by Gasteiger charge is 2.27. The Kier molecular flexibility index (Phi) is 4.74. The van der Waals surface area contributed by atoms with Gasteiger partial charge in [0, 0.05) is 17.7 Å².